The van der Waals surface area contributed by atoms with Crippen LogP contribution in [0.15, 0.2) is 0 Å². The van der Waals surface area contributed by atoms with Crippen LogP contribution in [0, 0.1) is 23.7 Å². The third-order valence-electron chi connectivity index (χ3n) is 6.05. The highest BCUT2D eigenvalue weighted by Gasteiger charge is 2.45. The van der Waals surface area contributed by atoms with Crippen molar-refractivity contribution < 1.29 is 9.84 Å². The van der Waals surface area contributed by atoms with Gasteiger partial charge in [-0.2, -0.15) is 11.8 Å². The van der Waals surface area contributed by atoms with E-state index in [0.717, 1.165) is 24.9 Å². The van der Waals surface area contributed by atoms with E-state index in [4.69, 9.17) is 4.74 Å². The molecule has 1 saturated carbocycles. The van der Waals surface area contributed by atoms with Gasteiger partial charge in [0.25, 0.3) is 0 Å². The van der Waals surface area contributed by atoms with Crippen molar-refractivity contribution in [2.75, 3.05) is 18.1 Å². The number of rotatable bonds is 2. The maximum Gasteiger partial charge on any atom is 0.0783 e. The summed E-state index contributed by atoms with van der Waals surface area (Å²) < 4.78 is 6.15. The molecule has 1 spiro atoms. The van der Waals surface area contributed by atoms with Crippen molar-refractivity contribution in [2.45, 2.75) is 64.1 Å². The predicted molar refractivity (Wildman–Crippen MR) is 85.0 cm³/mol. The standard InChI is InChI=1S/C17H30O2S/c1-12(2)13-3-4-16(18)15(9-13)14-5-7-19-17(10-14)6-8-20-11-17/h12-16,18H,3-11H2,1-2H3. The lowest BCUT2D eigenvalue weighted by molar-refractivity contribution is -0.109. The van der Waals surface area contributed by atoms with Crippen LogP contribution in [-0.2, 0) is 4.74 Å². The molecule has 20 heavy (non-hydrogen) atoms. The molecule has 0 bridgehead atoms. The molecule has 0 aromatic heterocycles. The van der Waals surface area contributed by atoms with E-state index in [9.17, 15) is 5.11 Å². The molecule has 116 valence electrons. The summed E-state index contributed by atoms with van der Waals surface area (Å²) in [6.45, 7) is 5.61. The summed E-state index contributed by atoms with van der Waals surface area (Å²) in [6, 6.07) is 0. The molecule has 1 N–H and O–H groups in total. The maximum absolute atomic E-state index is 10.5. The zero-order valence-corrected chi connectivity index (χ0v) is 13.8. The van der Waals surface area contributed by atoms with Crippen molar-refractivity contribution in [1.29, 1.82) is 0 Å². The first-order valence-corrected chi connectivity index (χ1v) is 9.65. The highest BCUT2D eigenvalue weighted by molar-refractivity contribution is 7.99. The fourth-order valence-electron chi connectivity index (χ4n) is 4.63. The van der Waals surface area contributed by atoms with Crippen LogP contribution in [0.4, 0.5) is 0 Å². The summed E-state index contributed by atoms with van der Waals surface area (Å²) in [5.74, 6) is 5.25. The molecule has 1 aliphatic carbocycles. The van der Waals surface area contributed by atoms with Crippen LogP contribution in [0.5, 0.6) is 0 Å². The Kier molecular flexibility index (Phi) is 4.69. The van der Waals surface area contributed by atoms with E-state index in [1.165, 1.54) is 43.6 Å². The van der Waals surface area contributed by atoms with Crippen molar-refractivity contribution in [1.82, 2.24) is 0 Å². The number of aliphatic hydroxyl groups excluding tert-OH is 1. The zero-order valence-electron chi connectivity index (χ0n) is 13.0. The monoisotopic (exact) mass is 298 g/mol. The molecule has 2 nitrogen and oxygen atoms in total. The van der Waals surface area contributed by atoms with E-state index in [-0.39, 0.29) is 11.7 Å². The summed E-state index contributed by atoms with van der Waals surface area (Å²) in [5.41, 5.74) is 0.165. The molecule has 5 atom stereocenters. The quantitative estimate of drug-likeness (QED) is 0.842. The van der Waals surface area contributed by atoms with Crippen LogP contribution in [0.2, 0.25) is 0 Å². The number of hydrogen-bond donors (Lipinski definition) is 1. The molecule has 2 saturated heterocycles. The summed E-state index contributed by atoms with van der Waals surface area (Å²) in [6.07, 6.45) is 7.02. The Morgan fingerprint density at radius 1 is 1.25 bits per heavy atom. The van der Waals surface area contributed by atoms with Gasteiger partial charge in [-0.05, 0) is 67.9 Å². The summed E-state index contributed by atoms with van der Waals surface area (Å²) >= 11 is 2.05. The van der Waals surface area contributed by atoms with Gasteiger partial charge in [0, 0.05) is 12.4 Å². The lowest BCUT2D eigenvalue weighted by Gasteiger charge is -2.45. The van der Waals surface area contributed by atoms with Gasteiger partial charge < -0.3 is 9.84 Å². The second-order valence-electron chi connectivity index (χ2n) is 7.64. The fourth-order valence-corrected chi connectivity index (χ4v) is 6.01. The molecular formula is C17H30O2S. The number of hydrogen-bond acceptors (Lipinski definition) is 3. The van der Waals surface area contributed by atoms with E-state index in [1.807, 2.05) is 11.8 Å². The van der Waals surface area contributed by atoms with Crippen molar-refractivity contribution in [2.24, 2.45) is 23.7 Å². The lowest BCUT2D eigenvalue weighted by Crippen LogP contribution is -2.45. The van der Waals surface area contributed by atoms with Crippen LogP contribution in [0.1, 0.15) is 52.4 Å². The maximum atomic E-state index is 10.5. The third-order valence-corrected chi connectivity index (χ3v) is 7.27. The molecule has 2 heterocycles. The third kappa shape index (κ3) is 3.05. The van der Waals surface area contributed by atoms with Gasteiger partial charge in [0.15, 0.2) is 0 Å². The Hall–Kier alpha value is 0.270. The molecule has 5 unspecified atom stereocenters. The van der Waals surface area contributed by atoms with Crippen LogP contribution >= 0.6 is 11.8 Å². The minimum atomic E-state index is -0.0563. The first kappa shape index (κ1) is 15.2. The van der Waals surface area contributed by atoms with Crippen molar-refractivity contribution in [3.8, 4) is 0 Å². The van der Waals surface area contributed by atoms with Gasteiger partial charge >= 0.3 is 0 Å². The second kappa shape index (κ2) is 6.18. The van der Waals surface area contributed by atoms with Gasteiger partial charge in [0.05, 0.1) is 11.7 Å². The molecule has 3 rings (SSSR count). The first-order valence-electron chi connectivity index (χ1n) is 8.49. The molecule has 0 aromatic carbocycles. The first-order chi connectivity index (χ1) is 9.60. The van der Waals surface area contributed by atoms with Crippen LogP contribution in [0.3, 0.4) is 0 Å². The topological polar surface area (TPSA) is 29.5 Å². The molecule has 3 fully saturated rings. The molecule has 3 heteroatoms. The molecule has 0 aromatic rings. The van der Waals surface area contributed by atoms with Crippen molar-refractivity contribution >= 4 is 11.8 Å². The van der Waals surface area contributed by atoms with Gasteiger partial charge in [0.1, 0.15) is 0 Å². The number of ether oxygens (including phenoxy) is 1. The van der Waals surface area contributed by atoms with Gasteiger partial charge in [0.2, 0.25) is 0 Å². The highest BCUT2D eigenvalue weighted by Crippen LogP contribution is 2.47. The minimum Gasteiger partial charge on any atom is -0.393 e. The Balaban J connectivity index is 1.67. The average molecular weight is 298 g/mol. The van der Waals surface area contributed by atoms with E-state index in [2.05, 4.69) is 13.8 Å². The lowest BCUT2D eigenvalue weighted by atomic mass is 9.66. The largest absolute Gasteiger partial charge is 0.393 e. The Bertz CT molecular complexity index is 325. The SMILES string of the molecule is CC(C)C1CCC(O)C(C2CCOC3(CCSC3)C2)C1. The molecule has 2 aliphatic heterocycles. The summed E-state index contributed by atoms with van der Waals surface area (Å²) in [4.78, 5) is 0. The van der Waals surface area contributed by atoms with Crippen LogP contribution in [0.25, 0.3) is 0 Å². The Morgan fingerprint density at radius 2 is 2.10 bits per heavy atom. The molecule has 0 radical (unpaired) electrons. The number of thioether (sulfide) groups is 1. The van der Waals surface area contributed by atoms with Crippen molar-refractivity contribution in [3.05, 3.63) is 0 Å². The normalized spacial score (nSPS) is 46.2. The summed E-state index contributed by atoms with van der Waals surface area (Å²) in [7, 11) is 0. The Morgan fingerprint density at radius 3 is 2.80 bits per heavy atom. The predicted octanol–water partition coefficient (Wildman–Crippen LogP) is 3.72. The van der Waals surface area contributed by atoms with Crippen molar-refractivity contribution in [3.63, 3.8) is 0 Å². The minimum absolute atomic E-state index is 0.0563. The van der Waals surface area contributed by atoms with Gasteiger partial charge in [-0.1, -0.05) is 13.8 Å². The fraction of sp³-hybridized carbons (Fsp3) is 1.00. The van der Waals surface area contributed by atoms with Crippen LogP contribution < -0.4 is 0 Å². The number of aliphatic hydroxyl groups is 1. The second-order valence-corrected chi connectivity index (χ2v) is 8.74. The highest BCUT2D eigenvalue weighted by atomic mass is 32.2. The smallest absolute Gasteiger partial charge is 0.0783 e. The molecule has 3 aliphatic rings. The van der Waals surface area contributed by atoms with Crippen LogP contribution in [-0.4, -0.2) is 34.9 Å². The zero-order chi connectivity index (χ0) is 14.2. The van der Waals surface area contributed by atoms with E-state index < -0.39 is 0 Å². The van der Waals surface area contributed by atoms with Gasteiger partial charge in [-0.3, -0.25) is 0 Å². The van der Waals surface area contributed by atoms with E-state index >= 15 is 0 Å². The van der Waals surface area contributed by atoms with E-state index in [1.54, 1.807) is 0 Å². The van der Waals surface area contributed by atoms with Gasteiger partial charge in [-0.15, -0.1) is 0 Å². The molecule has 0 amide bonds. The van der Waals surface area contributed by atoms with E-state index in [0.29, 0.717) is 11.8 Å². The Labute approximate surface area is 128 Å². The van der Waals surface area contributed by atoms with Gasteiger partial charge in [-0.25, -0.2) is 0 Å². The summed E-state index contributed by atoms with van der Waals surface area (Å²) in [5, 5.41) is 10.5. The molecular weight excluding hydrogens is 268 g/mol. The average Bonchev–Trinajstić information content (AvgIpc) is 2.87.